The number of piperidine rings is 1. The highest BCUT2D eigenvalue weighted by molar-refractivity contribution is 7.22. The maximum atomic E-state index is 12.5. The fourth-order valence-electron chi connectivity index (χ4n) is 4.30. The summed E-state index contributed by atoms with van der Waals surface area (Å²) in [4.78, 5) is 19.7. The van der Waals surface area contributed by atoms with Crippen molar-refractivity contribution in [3.8, 4) is 0 Å². The van der Waals surface area contributed by atoms with E-state index < -0.39 is 0 Å². The van der Waals surface area contributed by atoms with Crippen LogP contribution in [0.15, 0.2) is 18.2 Å². The molecule has 3 aliphatic rings. The summed E-state index contributed by atoms with van der Waals surface area (Å²) in [6.07, 6.45) is 5.97. The van der Waals surface area contributed by atoms with Crippen molar-refractivity contribution in [1.29, 1.82) is 0 Å². The van der Waals surface area contributed by atoms with Gasteiger partial charge < -0.3 is 15.5 Å². The first-order chi connectivity index (χ1) is 11.8. The van der Waals surface area contributed by atoms with Crippen LogP contribution in [0, 0.1) is 0 Å². The predicted octanol–water partition coefficient (Wildman–Crippen LogP) is 2.52. The first-order valence-electron chi connectivity index (χ1n) is 8.98. The van der Waals surface area contributed by atoms with Crippen molar-refractivity contribution in [1.82, 2.24) is 15.6 Å². The fourth-order valence-corrected chi connectivity index (χ4v) is 5.45. The van der Waals surface area contributed by atoms with Crippen LogP contribution >= 0.6 is 11.3 Å². The lowest BCUT2D eigenvalue weighted by Gasteiger charge is -2.53. The van der Waals surface area contributed by atoms with E-state index in [-0.39, 0.29) is 5.91 Å². The summed E-state index contributed by atoms with van der Waals surface area (Å²) >= 11 is 1.72. The monoisotopic (exact) mass is 342 g/mol. The lowest BCUT2D eigenvalue weighted by Crippen LogP contribution is -2.68. The summed E-state index contributed by atoms with van der Waals surface area (Å²) < 4.78 is 1.11. The number of nitrogens with one attached hydrogen (secondary N) is 2. The van der Waals surface area contributed by atoms with Crippen molar-refractivity contribution in [2.24, 2.45) is 0 Å². The highest BCUT2D eigenvalue weighted by Crippen LogP contribution is 2.39. The fraction of sp³-hybridized carbons (Fsp3) is 0.556. The number of carbonyl (C=O) groups excluding carboxylic acids is 1. The van der Waals surface area contributed by atoms with Crippen LogP contribution in [0.25, 0.3) is 10.2 Å². The highest BCUT2D eigenvalue weighted by Gasteiger charge is 2.42. The molecule has 5 rings (SSSR count). The Bertz CT molecular complexity index is 768. The first kappa shape index (κ1) is 14.7. The number of piperazine rings is 1. The number of aromatic nitrogens is 1. The van der Waals surface area contributed by atoms with Crippen molar-refractivity contribution < 1.29 is 4.79 Å². The molecule has 2 aromatic rings. The second-order valence-corrected chi connectivity index (χ2v) is 8.25. The lowest BCUT2D eigenvalue weighted by molar-refractivity contribution is 0.0938. The number of anilines is 1. The Kier molecular flexibility index (Phi) is 3.49. The van der Waals surface area contributed by atoms with Crippen molar-refractivity contribution in [2.45, 2.75) is 50.2 Å². The number of hydrogen-bond donors (Lipinski definition) is 2. The molecule has 2 N–H and O–H groups in total. The minimum Gasteiger partial charge on any atom is -0.349 e. The van der Waals surface area contributed by atoms with Gasteiger partial charge in [-0.05, 0) is 37.5 Å². The van der Waals surface area contributed by atoms with Crippen molar-refractivity contribution >= 4 is 32.6 Å². The topological polar surface area (TPSA) is 57.3 Å². The van der Waals surface area contributed by atoms with Gasteiger partial charge in [0.2, 0.25) is 0 Å². The molecule has 24 heavy (non-hydrogen) atoms. The van der Waals surface area contributed by atoms with Gasteiger partial charge in [0.15, 0.2) is 5.13 Å². The SMILES string of the molecule is O=C(NC1CCCC1)c1ccc2nc(N3C4CNCC3C4)sc2c1. The summed E-state index contributed by atoms with van der Waals surface area (Å²) in [5, 5.41) is 7.74. The van der Waals surface area contributed by atoms with Gasteiger partial charge in [-0.3, -0.25) is 4.79 Å². The molecule has 2 unspecified atom stereocenters. The van der Waals surface area contributed by atoms with Crippen LogP contribution in [0.1, 0.15) is 42.5 Å². The number of nitrogens with zero attached hydrogens (tertiary/aromatic N) is 2. The molecule has 6 heteroatoms. The normalized spacial score (nSPS) is 26.6. The summed E-state index contributed by atoms with van der Waals surface area (Å²) in [6, 6.07) is 7.46. The molecule has 0 spiro atoms. The van der Waals surface area contributed by atoms with Crippen LogP contribution in [0.4, 0.5) is 5.13 Å². The molecule has 1 aromatic heterocycles. The number of amides is 1. The van der Waals surface area contributed by atoms with Crippen LogP contribution in [0.5, 0.6) is 0 Å². The summed E-state index contributed by atoms with van der Waals surface area (Å²) in [5.74, 6) is 0.0590. The van der Waals surface area contributed by atoms with E-state index in [2.05, 4.69) is 15.5 Å². The second kappa shape index (κ2) is 5.70. The Morgan fingerprint density at radius 2 is 2.04 bits per heavy atom. The van der Waals surface area contributed by atoms with Crippen LogP contribution in [-0.2, 0) is 0 Å². The Morgan fingerprint density at radius 3 is 2.79 bits per heavy atom. The zero-order valence-corrected chi connectivity index (χ0v) is 14.4. The minimum absolute atomic E-state index is 0.0590. The van der Waals surface area contributed by atoms with E-state index in [9.17, 15) is 4.79 Å². The van der Waals surface area contributed by atoms with Crippen molar-refractivity contribution in [2.75, 3.05) is 18.0 Å². The van der Waals surface area contributed by atoms with Crippen molar-refractivity contribution in [3.05, 3.63) is 23.8 Å². The molecule has 3 fully saturated rings. The van der Waals surface area contributed by atoms with Gasteiger partial charge >= 0.3 is 0 Å². The Morgan fingerprint density at radius 1 is 1.25 bits per heavy atom. The summed E-state index contributed by atoms with van der Waals surface area (Å²) in [5.41, 5.74) is 1.76. The minimum atomic E-state index is 0.0590. The number of rotatable bonds is 3. The summed E-state index contributed by atoms with van der Waals surface area (Å²) in [6.45, 7) is 2.11. The van der Waals surface area contributed by atoms with Gasteiger partial charge in [-0.15, -0.1) is 0 Å². The molecule has 5 nitrogen and oxygen atoms in total. The maximum absolute atomic E-state index is 12.5. The van der Waals surface area contributed by atoms with Crippen LogP contribution in [0.3, 0.4) is 0 Å². The van der Waals surface area contributed by atoms with Gasteiger partial charge in [0.1, 0.15) is 0 Å². The zero-order chi connectivity index (χ0) is 16.1. The molecule has 1 saturated carbocycles. The van der Waals surface area contributed by atoms with E-state index in [4.69, 9.17) is 4.98 Å². The van der Waals surface area contributed by atoms with Gasteiger partial charge in [-0.1, -0.05) is 24.2 Å². The van der Waals surface area contributed by atoms with Gasteiger partial charge in [0, 0.05) is 36.8 Å². The molecule has 1 aromatic carbocycles. The number of carbonyl (C=O) groups is 1. The van der Waals surface area contributed by atoms with E-state index in [1.165, 1.54) is 19.3 Å². The molecular formula is C18H22N4OS. The third-order valence-electron chi connectivity index (χ3n) is 5.64. The highest BCUT2D eigenvalue weighted by atomic mass is 32.1. The third kappa shape index (κ3) is 2.40. The number of fused-ring (bicyclic) bond motifs is 3. The smallest absolute Gasteiger partial charge is 0.251 e. The molecule has 2 bridgehead atoms. The number of benzene rings is 1. The van der Waals surface area contributed by atoms with E-state index in [1.807, 2.05) is 18.2 Å². The quantitative estimate of drug-likeness (QED) is 0.900. The van der Waals surface area contributed by atoms with E-state index in [1.54, 1.807) is 11.3 Å². The van der Waals surface area contributed by atoms with Gasteiger partial charge in [-0.2, -0.15) is 0 Å². The van der Waals surface area contributed by atoms with Crippen LogP contribution < -0.4 is 15.5 Å². The molecule has 3 heterocycles. The Hall–Kier alpha value is -1.66. The Labute approximate surface area is 145 Å². The Balaban J connectivity index is 1.38. The maximum Gasteiger partial charge on any atom is 0.251 e. The largest absolute Gasteiger partial charge is 0.349 e. The average molecular weight is 342 g/mol. The molecule has 2 aliphatic heterocycles. The third-order valence-corrected chi connectivity index (χ3v) is 6.67. The predicted molar refractivity (Wildman–Crippen MR) is 96.9 cm³/mol. The molecule has 126 valence electrons. The van der Waals surface area contributed by atoms with Crippen LogP contribution in [-0.4, -0.2) is 42.1 Å². The molecule has 0 radical (unpaired) electrons. The second-order valence-electron chi connectivity index (χ2n) is 7.24. The molecule has 2 saturated heterocycles. The van der Waals surface area contributed by atoms with E-state index >= 15 is 0 Å². The van der Waals surface area contributed by atoms with E-state index in [0.29, 0.717) is 18.1 Å². The first-order valence-corrected chi connectivity index (χ1v) is 9.80. The molecule has 2 atom stereocenters. The van der Waals surface area contributed by atoms with Crippen molar-refractivity contribution in [3.63, 3.8) is 0 Å². The van der Waals surface area contributed by atoms with Gasteiger partial charge in [0.25, 0.3) is 5.91 Å². The zero-order valence-electron chi connectivity index (χ0n) is 13.6. The molecule has 1 amide bonds. The standard InChI is InChI=1S/C18H22N4OS/c23-17(20-12-3-1-2-4-12)11-5-6-15-16(7-11)24-18(21-15)22-13-8-14(22)10-19-9-13/h5-7,12-14,19H,1-4,8-10H2,(H,20,23). The van der Waals surface area contributed by atoms with Crippen LogP contribution in [0.2, 0.25) is 0 Å². The summed E-state index contributed by atoms with van der Waals surface area (Å²) in [7, 11) is 0. The number of thiazole rings is 1. The van der Waals surface area contributed by atoms with Gasteiger partial charge in [0.05, 0.1) is 10.2 Å². The molecule has 1 aliphatic carbocycles. The average Bonchev–Trinajstić information content (AvgIpc) is 3.23. The molecular weight excluding hydrogens is 320 g/mol. The lowest BCUT2D eigenvalue weighted by atomic mass is 9.90. The number of hydrogen-bond acceptors (Lipinski definition) is 5. The van der Waals surface area contributed by atoms with E-state index in [0.717, 1.165) is 46.8 Å². The van der Waals surface area contributed by atoms with Gasteiger partial charge in [-0.25, -0.2) is 4.98 Å².